The number of rotatable bonds is 4. The summed E-state index contributed by atoms with van der Waals surface area (Å²) in [6, 6.07) is 5.25. The molecule has 0 radical (unpaired) electrons. The molecule has 0 spiro atoms. The quantitative estimate of drug-likeness (QED) is 0.835. The lowest BCUT2D eigenvalue weighted by Gasteiger charge is -2.27. The van der Waals surface area contributed by atoms with Crippen LogP contribution in [-0.4, -0.2) is 6.04 Å². The molecule has 2 rings (SSSR count). The molecule has 16 heavy (non-hydrogen) atoms. The van der Waals surface area contributed by atoms with Crippen LogP contribution in [0.15, 0.2) is 12.1 Å². The van der Waals surface area contributed by atoms with E-state index in [0.717, 1.165) is 6.54 Å². The van der Waals surface area contributed by atoms with E-state index in [4.69, 9.17) is 0 Å². The van der Waals surface area contributed by atoms with Gasteiger partial charge < -0.3 is 5.32 Å². The molecule has 1 unspecified atom stereocenters. The Kier molecular flexibility index (Phi) is 3.70. The maximum Gasteiger partial charge on any atom is 0.0302 e. The van der Waals surface area contributed by atoms with Gasteiger partial charge in [-0.05, 0) is 36.8 Å². The van der Waals surface area contributed by atoms with Crippen molar-refractivity contribution in [1.82, 2.24) is 5.32 Å². The second-order valence-corrected chi connectivity index (χ2v) is 6.79. The highest BCUT2D eigenvalue weighted by molar-refractivity contribution is 7.11. The molecule has 2 heteroatoms. The summed E-state index contributed by atoms with van der Waals surface area (Å²) in [6.45, 7) is 8.06. The van der Waals surface area contributed by atoms with Crippen molar-refractivity contribution in [3.63, 3.8) is 0 Å². The maximum absolute atomic E-state index is 3.74. The average molecular weight is 237 g/mol. The third-order valence-electron chi connectivity index (χ3n) is 3.85. The Hall–Kier alpha value is -0.340. The Morgan fingerprint density at radius 2 is 2.12 bits per heavy atom. The second kappa shape index (κ2) is 4.89. The highest BCUT2D eigenvalue weighted by Crippen LogP contribution is 2.37. The number of hydrogen-bond donors (Lipinski definition) is 1. The minimum absolute atomic E-state index is 0.491. The second-order valence-electron chi connectivity index (χ2n) is 5.54. The molecule has 1 nitrogen and oxygen atoms in total. The lowest BCUT2D eigenvalue weighted by Crippen LogP contribution is -2.36. The molecule has 1 aromatic rings. The molecule has 90 valence electrons. The normalized spacial score (nSPS) is 23.8. The van der Waals surface area contributed by atoms with Crippen LogP contribution in [0.25, 0.3) is 0 Å². The van der Waals surface area contributed by atoms with E-state index in [1.165, 1.54) is 35.4 Å². The van der Waals surface area contributed by atoms with Crippen LogP contribution >= 0.6 is 11.3 Å². The number of hydrogen-bond acceptors (Lipinski definition) is 2. The Morgan fingerprint density at radius 3 is 2.69 bits per heavy atom. The summed E-state index contributed by atoms with van der Waals surface area (Å²) in [6.07, 6.45) is 5.27. The summed E-state index contributed by atoms with van der Waals surface area (Å²) in [5, 5.41) is 3.74. The van der Waals surface area contributed by atoms with E-state index in [2.05, 4.69) is 38.2 Å². The zero-order chi connectivity index (χ0) is 11.6. The summed E-state index contributed by atoms with van der Waals surface area (Å²) >= 11 is 1.95. The molecule has 1 N–H and O–H groups in total. The smallest absolute Gasteiger partial charge is 0.0302 e. The minimum Gasteiger partial charge on any atom is -0.309 e. The van der Waals surface area contributed by atoms with Crippen LogP contribution in [-0.2, 0) is 13.0 Å². The van der Waals surface area contributed by atoms with Crippen LogP contribution < -0.4 is 5.32 Å². The first kappa shape index (κ1) is 12.1. The number of aryl methyl sites for hydroxylation is 1. The zero-order valence-electron chi connectivity index (χ0n) is 10.7. The van der Waals surface area contributed by atoms with Crippen molar-refractivity contribution in [1.29, 1.82) is 0 Å². The minimum atomic E-state index is 0.491. The molecule has 1 aromatic heterocycles. The van der Waals surface area contributed by atoms with Crippen LogP contribution in [0.5, 0.6) is 0 Å². The molecule has 1 fully saturated rings. The molecule has 1 heterocycles. The molecule has 1 saturated carbocycles. The van der Waals surface area contributed by atoms with E-state index < -0.39 is 0 Å². The highest BCUT2D eigenvalue weighted by atomic mass is 32.1. The number of thiophene rings is 1. The molecule has 1 aliphatic carbocycles. The van der Waals surface area contributed by atoms with E-state index in [9.17, 15) is 0 Å². The van der Waals surface area contributed by atoms with Gasteiger partial charge in [-0.25, -0.2) is 0 Å². The predicted molar refractivity (Wildman–Crippen MR) is 72.0 cm³/mol. The third-order valence-corrected chi connectivity index (χ3v) is 5.08. The molecule has 1 aliphatic rings. The molecule has 1 atom stereocenters. The van der Waals surface area contributed by atoms with E-state index >= 15 is 0 Å². The van der Waals surface area contributed by atoms with Crippen molar-refractivity contribution in [3.05, 3.63) is 21.9 Å². The van der Waals surface area contributed by atoms with Crippen molar-refractivity contribution in [2.24, 2.45) is 5.41 Å². The van der Waals surface area contributed by atoms with E-state index in [1.807, 2.05) is 11.3 Å². The van der Waals surface area contributed by atoms with Gasteiger partial charge in [0.05, 0.1) is 0 Å². The zero-order valence-corrected chi connectivity index (χ0v) is 11.5. The SMILES string of the molecule is CCc1ccc(CNC2CCCC2(C)C)s1. The molecule has 0 saturated heterocycles. The van der Waals surface area contributed by atoms with E-state index in [0.29, 0.717) is 11.5 Å². The van der Waals surface area contributed by atoms with Crippen molar-refractivity contribution < 1.29 is 0 Å². The van der Waals surface area contributed by atoms with Gasteiger partial charge in [-0.15, -0.1) is 11.3 Å². The molecule has 0 amide bonds. The summed E-state index contributed by atoms with van der Waals surface area (Å²) < 4.78 is 0. The fraction of sp³-hybridized carbons (Fsp3) is 0.714. The standard InChI is InChI=1S/C14H23NS/c1-4-11-7-8-12(16-11)10-15-13-6-5-9-14(13,2)3/h7-8,13,15H,4-6,9-10H2,1-3H3. The van der Waals surface area contributed by atoms with Crippen LogP contribution in [0.4, 0.5) is 0 Å². The summed E-state index contributed by atoms with van der Waals surface area (Å²) in [7, 11) is 0. The Balaban J connectivity index is 1.87. The predicted octanol–water partition coefficient (Wildman–Crippen LogP) is 3.98. The van der Waals surface area contributed by atoms with Crippen molar-refractivity contribution in [3.8, 4) is 0 Å². The van der Waals surface area contributed by atoms with Gasteiger partial charge in [-0.2, -0.15) is 0 Å². The monoisotopic (exact) mass is 237 g/mol. The van der Waals surface area contributed by atoms with Gasteiger partial charge >= 0.3 is 0 Å². The Morgan fingerprint density at radius 1 is 1.38 bits per heavy atom. The first-order valence-electron chi connectivity index (χ1n) is 6.43. The molecule has 0 aliphatic heterocycles. The lowest BCUT2D eigenvalue weighted by molar-refractivity contribution is 0.283. The van der Waals surface area contributed by atoms with Crippen molar-refractivity contribution in [2.45, 2.75) is 59.0 Å². The summed E-state index contributed by atoms with van der Waals surface area (Å²) in [5.41, 5.74) is 0.491. The van der Waals surface area contributed by atoms with Gasteiger partial charge in [-0.3, -0.25) is 0 Å². The van der Waals surface area contributed by atoms with E-state index in [-0.39, 0.29) is 0 Å². The van der Waals surface area contributed by atoms with Gasteiger partial charge in [0.2, 0.25) is 0 Å². The largest absolute Gasteiger partial charge is 0.309 e. The Labute approximate surface area is 103 Å². The third kappa shape index (κ3) is 2.67. The van der Waals surface area contributed by atoms with Crippen LogP contribution in [0, 0.1) is 5.41 Å². The highest BCUT2D eigenvalue weighted by Gasteiger charge is 2.33. The van der Waals surface area contributed by atoms with Crippen molar-refractivity contribution >= 4 is 11.3 Å². The maximum atomic E-state index is 3.74. The molecule has 0 bridgehead atoms. The fourth-order valence-corrected chi connectivity index (χ4v) is 3.55. The van der Waals surface area contributed by atoms with Crippen LogP contribution in [0.2, 0.25) is 0 Å². The average Bonchev–Trinajstić information content (AvgIpc) is 2.81. The van der Waals surface area contributed by atoms with Gasteiger partial charge in [0.15, 0.2) is 0 Å². The molecule has 0 aromatic carbocycles. The van der Waals surface area contributed by atoms with Gasteiger partial charge in [0.25, 0.3) is 0 Å². The van der Waals surface area contributed by atoms with Crippen molar-refractivity contribution in [2.75, 3.05) is 0 Å². The van der Waals surface area contributed by atoms with Gasteiger partial charge in [0, 0.05) is 22.3 Å². The lowest BCUT2D eigenvalue weighted by atomic mass is 9.87. The molecular formula is C14H23NS. The summed E-state index contributed by atoms with van der Waals surface area (Å²) in [5.74, 6) is 0. The van der Waals surface area contributed by atoms with Gasteiger partial charge in [0.1, 0.15) is 0 Å². The fourth-order valence-electron chi connectivity index (χ4n) is 2.64. The van der Waals surface area contributed by atoms with Gasteiger partial charge in [-0.1, -0.05) is 27.2 Å². The Bertz CT molecular complexity index is 340. The van der Waals surface area contributed by atoms with Crippen LogP contribution in [0.3, 0.4) is 0 Å². The first-order valence-corrected chi connectivity index (χ1v) is 7.24. The number of nitrogens with one attached hydrogen (secondary N) is 1. The summed E-state index contributed by atoms with van der Waals surface area (Å²) in [4.78, 5) is 2.99. The molecular weight excluding hydrogens is 214 g/mol. The topological polar surface area (TPSA) is 12.0 Å². The first-order chi connectivity index (χ1) is 7.62. The van der Waals surface area contributed by atoms with Crippen LogP contribution in [0.1, 0.15) is 49.8 Å². The van der Waals surface area contributed by atoms with E-state index in [1.54, 1.807) is 0 Å².